The summed E-state index contributed by atoms with van der Waals surface area (Å²) in [7, 11) is 9.01. The number of carbonyl (C=O) groups excluding carboxylic acids is 3. The number of piperazine rings is 1. The summed E-state index contributed by atoms with van der Waals surface area (Å²) in [4.78, 5) is 45.5. The number of benzene rings is 3. The molecule has 0 aliphatic carbocycles. The number of ether oxygens (including phenoxy) is 7. The number of rotatable bonds is 12. The number of methoxy groups -OCH3 is 6. The van der Waals surface area contributed by atoms with E-state index in [9.17, 15) is 14.4 Å². The number of hydrogen-bond acceptors (Lipinski definition) is 10. The molecule has 1 aliphatic heterocycles. The fourth-order valence-electron chi connectivity index (χ4n) is 6.08. The Bertz CT molecular complexity index is 1740. The molecular formula is C37H44N2O10. The largest absolute Gasteiger partial charge is 0.496 e. The van der Waals surface area contributed by atoms with Gasteiger partial charge in [0.05, 0.1) is 55.3 Å². The van der Waals surface area contributed by atoms with Crippen LogP contribution in [0.25, 0.3) is 6.08 Å². The SMILES string of the molecule is COc1cc(/C=C2/C(=O)N(C(=O)OC(C)C)C(Cc3cc(OC)c(OC)c(C)c3OC)C(=O)N2Cc2ccccc2)c(OC)c(C)c1OC. The number of hydrogen-bond donors (Lipinski definition) is 0. The fourth-order valence-corrected chi connectivity index (χ4v) is 6.08. The van der Waals surface area contributed by atoms with Crippen LogP contribution in [0.2, 0.25) is 0 Å². The zero-order valence-corrected chi connectivity index (χ0v) is 29.7. The molecule has 262 valence electrons. The Labute approximate surface area is 287 Å². The Morgan fingerprint density at radius 1 is 0.776 bits per heavy atom. The molecule has 1 heterocycles. The van der Waals surface area contributed by atoms with Crippen LogP contribution in [-0.2, 0) is 27.3 Å². The molecule has 3 amide bonds. The Morgan fingerprint density at radius 2 is 1.33 bits per heavy atom. The van der Waals surface area contributed by atoms with Gasteiger partial charge < -0.3 is 38.1 Å². The third kappa shape index (κ3) is 7.23. The number of amides is 3. The molecule has 1 saturated heterocycles. The van der Waals surface area contributed by atoms with Crippen molar-refractivity contribution in [2.75, 3.05) is 42.7 Å². The van der Waals surface area contributed by atoms with E-state index in [1.807, 2.05) is 30.3 Å². The van der Waals surface area contributed by atoms with Crippen molar-refractivity contribution in [1.82, 2.24) is 9.80 Å². The predicted molar refractivity (Wildman–Crippen MR) is 183 cm³/mol. The van der Waals surface area contributed by atoms with Crippen LogP contribution in [0.3, 0.4) is 0 Å². The normalized spacial score (nSPS) is 15.4. The predicted octanol–water partition coefficient (Wildman–Crippen LogP) is 5.72. The highest BCUT2D eigenvalue weighted by Crippen LogP contribution is 2.43. The van der Waals surface area contributed by atoms with Gasteiger partial charge in [0.2, 0.25) is 0 Å². The van der Waals surface area contributed by atoms with E-state index in [2.05, 4.69) is 0 Å². The molecule has 0 aromatic heterocycles. The molecule has 3 aromatic rings. The van der Waals surface area contributed by atoms with Crippen molar-refractivity contribution in [2.24, 2.45) is 0 Å². The standard InChI is InChI=1S/C37H44N2O10/c1-21(2)49-37(42)39-28(17-26-19-30(44-6)34(48-10)23(4)32(26)46-8)35(40)38(20-24-14-12-11-13-15-24)27(36(39)41)16-25-18-29(43-5)33(47-9)22(3)31(25)45-7/h11-16,18-19,21,28H,17,20H2,1-10H3/b27-16-. The van der Waals surface area contributed by atoms with Crippen LogP contribution in [0.4, 0.5) is 4.79 Å². The van der Waals surface area contributed by atoms with Crippen molar-refractivity contribution in [3.8, 4) is 34.5 Å². The molecule has 0 N–H and O–H groups in total. The van der Waals surface area contributed by atoms with Crippen LogP contribution >= 0.6 is 0 Å². The average molecular weight is 677 g/mol. The van der Waals surface area contributed by atoms with Crippen LogP contribution in [0.15, 0.2) is 48.2 Å². The lowest BCUT2D eigenvalue weighted by molar-refractivity contribution is -0.149. The van der Waals surface area contributed by atoms with Gasteiger partial charge in [-0.25, -0.2) is 9.69 Å². The van der Waals surface area contributed by atoms with E-state index < -0.39 is 30.1 Å². The van der Waals surface area contributed by atoms with Crippen LogP contribution in [0.1, 0.15) is 41.7 Å². The van der Waals surface area contributed by atoms with E-state index in [1.165, 1.54) is 53.6 Å². The van der Waals surface area contributed by atoms with Crippen molar-refractivity contribution in [1.29, 1.82) is 0 Å². The quantitative estimate of drug-likeness (QED) is 0.220. The topological polar surface area (TPSA) is 122 Å². The van der Waals surface area contributed by atoms with Gasteiger partial charge >= 0.3 is 6.09 Å². The maximum absolute atomic E-state index is 14.8. The van der Waals surface area contributed by atoms with Gasteiger partial charge in [0, 0.05) is 28.7 Å². The summed E-state index contributed by atoms with van der Waals surface area (Å²) in [6, 6.07) is 11.3. The number of nitrogens with zero attached hydrogens (tertiary/aromatic N) is 2. The molecule has 0 radical (unpaired) electrons. The highest BCUT2D eigenvalue weighted by molar-refractivity contribution is 6.13. The monoisotopic (exact) mass is 676 g/mol. The molecule has 4 rings (SSSR count). The molecule has 0 saturated carbocycles. The van der Waals surface area contributed by atoms with Crippen molar-refractivity contribution < 1.29 is 47.5 Å². The van der Waals surface area contributed by atoms with Gasteiger partial charge in [-0.2, -0.15) is 0 Å². The van der Waals surface area contributed by atoms with Crippen LogP contribution < -0.4 is 28.4 Å². The molecule has 0 bridgehead atoms. The second-order valence-corrected chi connectivity index (χ2v) is 11.6. The van der Waals surface area contributed by atoms with Crippen molar-refractivity contribution >= 4 is 24.0 Å². The lowest BCUT2D eigenvalue weighted by Crippen LogP contribution is -2.61. The molecule has 12 heteroatoms. The third-order valence-corrected chi connectivity index (χ3v) is 8.23. The summed E-state index contributed by atoms with van der Waals surface area (Å²) in [6.07, 6.45) is -0.115. The molecule has 49 heavy (non-hydrogen) atoms. The smallest absolute Gasteiger partial charge is 0.417 e. The van der Waals surface area contributed by atoms with E-state index in [0.717, 1.165) is 10.5 Å². The van der Waals surface area contributed by atoms with Crippen LogP contribution in [0, 0.1) is 13.8 Å². The van der Waals surface area contributed by atoms with Crippen molar-refractivity contribution in [2.45, 2.75) is 52.8 Å². The van der Waals surface area contributed by atoms with Gasteiger partial charge in [-0.1, -0.05) is 30.3 Å². The number of imide groups is 1. The van der Waals surface area contributed by atoms with E-state index in [-0.39, 0.29) is 18.7 Å². The minimum Gasteiger partial charge on any atom is -0.496 e. The lowest BCUT2D eigenvalue weighted by atomic mass is 9.95. The summed E-state index contributed by atoms with van der Waals surface area (Å²) in [6.45, 7) is 6.96. The van der Waals surface area contributed by atoms with Crippen LogP contribution in [0.5, 0.6) is 34.5 Å². The van der Waals surface area contributed by atoms with Gasteiger partial charge in [-0.3, -0.25) is 9.59 Å². The minimum atomic E-state index is -1.31. The molecule has 1 aliphatic rings. The van der Waals surface area contributed by atoms with E-state index in [0.29, 0.717) is 56.8 Å². The molecular weight excluding hydrogens is 632 g/mol. The first-order chi connectivity index (χ1) is 23.4. The summed E-state index contributed by atoms with van der Waals surface area (Å²) in [5, 5.41) is 0. The van der Waals surface area contributed by atoms with E-state index >= 15 is 0 Å². The second kappa shape index (κ2) is 15.7. The van der Waals surface area contributed by atoms with Crippen LogP contribution in [-0.4, -0.2) is 82.5 Å². The van der Waals surface area contributed by atoms with E-state index in [1.54, 1.807) is 39.8 Å². The maximum Gasteiger partial charge on any atom is 0.417 e. The highest BCUT2D eigenvalue weighted by Gasteiger charge is 2.47. The molecule has 1 atom stereocenters. The third-order valence-electron chi connectivity index (χ3n) is 8.23. The molecule has 1 fully saturated rings. The Hall–Kier alpha value is -5.39. The molecule has 3 aromatic carbocycles. The summed E-state index contributed by atoms with van der Waals surface area (Å²) in [5.41, 5.74) is 2.90. The lowest BCUT2D eigenvalue weighted by Gasteiger charge is -2.40. The fraction of sp³-hybridized carbons (Fsp3) is 0.378. The minimum absolute atomic E-state index is 0.0392. The summed E-state index contributed by atoms with van der Waals surface area (Å²) >= 11 is 0. The molecule has 12 nitrogen and oxygen atoms in total. The zero-order valence-electron chi connectivity index (χ0n) is 29.7. The second-order valence-electron chi connectivity index (χ2n) is 11.6. The van der Waals surface area contributed by atoms with Crippen molar-refractivity contribution in [3.05, 3.63) is 76.0 Å². The zero-order chi connectivity index (χ0) is 36.0. The van der Waals surface area contributed by atoms with Gasteiger partial charge in [0.25, 0.3) is 11.8 Å². The van der Waals surface area contributed by atoms with Gasteiger partial charge in [-0.15, -0.1) is 0 Å². The van der Waals surface area contributed by atoms with Gasteiger partial charge in [0.1, 0.15) is 23.2 Å². The first kappa shape index (κ1) is 36.4. The molecule has 0 spiro atoms. The van der Waals surface area contributed by atoms with Gasteiger partial charge in [-0.05, 0) is 51.5 Å². The average Bonchev–Trinajstić information content (AvgIpc) is 3.08. The highest BCUT2D eigenvalue weighted by atomic mass is 16.6. The molecule has 1 unspecified atom stereocenters. The number of carbonyl (C=O) groups is 3. The summed E-state index contributed by atoms with van der Waals surface area (Å²) < 4.78 is 39.3. The Balaban J connectivity index is 1.98. The van der Waals surface area contributed by atoms with E-state index in [4.69, 9.17) is 33.2 Å². The maximum atomic E-state index is 14.8. The van der Waals surface area contributed by atoms with Gasteiger partial charge in [0.15, 0.2) is 23.0 Å². The first-order valence-electron chi connectivity index (χ1n) is 15.6. The first-order valence-corrected chi connectivity index (χ1v) is 15.6. The van der Waals surface area contributed by atoms with Crippen molar-refractivity contribution in [3.63, 3.8) is 0 Å². The Morgan fingerprint density at radius 3 is 1.86 bits per heavy atom. The summed E-state index contributed by atoms with van der Waals surface area (Å²) in [5.74, 6) is 1.28. The Kier molecular flexibility index (Phi) is 11.7.